The molecule has 5 N–H and O–H groups in total. The van der Waals surface area contributed by atoms with Gasteiger partial charge in [-0.1, -0.05) is 49.6 Å². The second-order valence-corrected chi connectivity index (χ2v) is 7.77. The molecule has 1 unspecified atom stereocenters. The van der Waals surface area contributed by atoms with Gasteiger partial charge in [-0.25, -0.2) is 0 Å². The molecule has 1 aromatic carbocycles. The van der Waals surface area contributed by atoms with Crippen LogP contribution in [0.3, 0.4) is 0 Å². The summed E-state index contributed by atoms with van der Waals surface area (Å²) in [4.78, 5) is 0.697. The van der Waals surface area contributed by atoms with Crippen molar-refractivity contribution < 1.29 is 30.3 Å². The second kappa shape index (κ2) is 8.96. The minimum Gasteiger partial charge on any atom is -0.382 e. The Hall–Kier alpha value is -1.06. The Morgan fingerprint density at radius 3 is 2.00 bits per heavy atom. The molecule has 0 radical (unpaired) electrons. The highest BCUT2D eigenvalue weighted by Gasteiger charge is 2.41. The lowest BCUT2D eigenvalue weighted by molar-refractivity contribution is -0.372. The summed E-state index contributed by atoms with van der Waals surface area (Å²) in [5, 5.41) is 50.3. The van der Waals surface area contributed by atoms with Crippen molar-refractivity contribution in [1.29, 1.82) is 0 Å². The molecule has 0 aliphatic heterocycles. The van der Waals surface area contributed by atoms with E-state index in [1.165, 1.54) is 6.42 Å². The zero-order chi connectivity index (χ0) is 20.1. The largest absolute Gasteiger partial charge is 0.382 e. The Morgan fingerprint density at radius 2 is 1.48 bits per heavy atom. The van der Waals surface area contributed by atoms with Crippen LogP contribution in [0.5, 0.6) is 0 Å². The van der Waals surface area contributed by atoms with Gasteiger partial charge < -0.3 is 30.3 Å². The van der Waals surface area contributed by atoms with Gasteiger partial charge in [-0.3, -0.25) is 0 Å². The van der Waals surface area contributed by atoms with Crippen molar-refractivity contribution >= 4 is 0 Å². The van der Waals surface area contributed by atoms with E-state index in [1.54, 1.807) is 0 Å². The number of benzene rings is 1. The molecule has 1 aliphatic carbocycles. The van der Waals surface area contributed by atoms with Crippen LogP contribution in [0, 0.1) is 5.92 Å². The van der Waals surface area contributed by atoms with E-state index < -0.39 is 17.4 Å². The average Bonchev–Trinajstić information content (AvgIpc) is 2.60. The number of ether oxygens (including phenoxy) is 1. The van der Waals surface area contributed by atoms with Crippen LogP contribution in [0.2, 0.25) is 0 Å². The maximum Gasteiger partial charge on any atom is 0.226 e. The van der Waals surface area contributed by atoms with Crippen LogP contribution in [-0.4, -0.2) is 62.0 Å². The minimum atomic E-state index is -2.42. The molecule has 1 aliphatic rings. The van der Waals surface area contributed by atoms with E-state index >= 15 is 0 Å². The van der Waals surface area contributed by atoms with Crippen molar-refractivity contribution in [3.05, 3.63) is 35.9 Å². The predicted molar refractivity (Wildman–Crippen MR) is 100 cm³/mol. The van der Waals surface area contributed by atoms with E-state index in [1.807, 2.05) is 30.3 Å². The topological polar surface area (TPSA) is 114 Å². The summed E-state index contributed by atoms with van der Waals surface area (Å²) >= 11 is 0. The first-order chi connectivity index (χ1) is 12.5. The van der Waals surface area contributed by atoms with Crippen LogP contribution in [0.15, 0.2) is 30.3 Å². The van der Waals surface area contributed by atoms with Crippen LogP contribution in [0.1, 0.15) is 51.5 Å². The summed E-state index contributed by atoms with van der Waals surface area (Å²) in [6, 6.07) is 9.45. The first-order valence-electron chi connectivity index (χ1n) is 9.58. The van der Waals surface area contributed by atoms with Gasteiger partial charge in [0.15, 0.2) is 0 Å². The monoisotopic (exact) mass is 383 g/mol. The second-order valence-electron chi connectivity index (χ2n) is 7.77. The zero-order valence-corrected chi connectivity index (χ0v) is 16.2. The Balaban J connectivity index is 2.04. The van der Waals surface area contributed by atoms with Crippen LogP contribution in [0.4, 0.5) is 0 Å². The first kappa shape index (κ1) is 22.2. The molecule has 1 saturated carbocycles. The molecule has 1 fully saturated rings. The summed E-state index contributed by atoms with van der Waals surface area (Å²) in [6.07, 6.45) is 5.19. The van der Waals surface area contributed by atoms with Gasteiger partial charge in [-0.15, -0.1) is 0 Å². The van der Waals surface area contributed by atoms with Crippen molar-refractivity contribution in [1.82, 2.24) is 4.90 Å². The fraction of sp³-hybridized carbons (Fsp3) is 0.700. The lowest BCUT2D eigenvalue weighted by Crippen LogP contribution is -2.59. The van der Waals surface area contributed by atoms with Gasteiger partial charge in [-0.2, -0.15) is 4.90 Å². The van der Waals surface area contributed by atoms with Gasteiger partial charge in [0.25, 0.3) is 0 Å². The molecule has 0 amide bonds. The molecule has 1 aromatic rings. The number of aliphatic hydroxyl groups is 5. The van der Waals surface area contributed by atoms with E-state index in [4.69, 9.17) is 4.74 Å². The van der Waals surface area contributed by atoms with E-state index in [0.717, 1.165) is 45.1 Å². The smallest absolute Gasteiger partial charge is 0.226 e. The fourth-order valence-electron chi connectivity index (χ4n) is 3.95. The lowest BCUT2D eigenvalue weighted by atomic mass is 9.74. The van der Waals surface area contributed by atoms with Crippen LogP contribution in [0.25, 0.3) is 0 Å². The molecule has 1 atom stereocenters. The van der Waals surface area contributed by atoms with E-state index in [2.05, 4.69) is 0 Å². The average molecular weight is 383 g/mol. The molecule has 0 aromatic heterocycles. The Bertz CT molecular complexity index is 548. The van der Waals surface area contributed by atoms with Crippen LogP contribution in [-0.2, 0) is 10.3 Å². The third-order valence-corrected chi connectivity index (χ3v) is 5.36. The summed E-state index contributed by atoms with van der Waals surface area (Å²) in [5.74, 6) is -4.74. The Morgan fingerprint density at radius 1 is 0.926 bits per heavy atom. The molecular weight excluding hydrogens is 350 g/mol. The number of nitrogens with zero attached hydrogens (tertiary/aromatic N) is 1. The normalized spacial score (nSPS) is 19.3. The molecule has 154 valence electrons. The molecule has 7 nitrogen and oxygen atoms in total. The van der Waals surface area contributed by atoms with Gasteiger partial charge in [0.05, 0.1) is 13.2 Å². The van der Waals surface area contributed by atoms with E-state index in [0.29, 0.717) is 4.90 Å². The third-order valence-electron chi connectivity index (χ3n) is 5.36. The molecule has 7 heteroatoms. The van der Waals surface area contributed by atoms with Gasteiger partial charge in [0.2, 0.25) is 11.8 Å². The van der Waals surface area contributed by atoms with Crippen LogP contribution >= 0.6 is 0 Å². The van der Waals surface area contributed by atoms with Crippen LogP contribution < -0.4 is 0 Å². The molecule has 0 bridgehead atoms. The summed E-state index contributed by atoms with van der Waals surface area (Å²) in [5.41, 5.74) is -0.326. The maximum absolute atomic E-state index is 11.5. The van der Waals surface area contributed by atoms with Gasteiger partial charge in [0, 0.05) is 20.4 Å². The highest BCUT2D eigenvalue weighted by molar-refractivity contribution is 5.23. The summed E-state index contributed by atoms with van der Waals surface area (Å²) in [7, 11) is 0. The van der Waals surface area contributed by atoms with E-state index in [9.17, 15) is 25.5 Å². The molecule has 0 spiro atoms. The third kappa shape index (κ3) is 5.96. The first-order valence-corrected chi connectivity index (χ1v) is 9.58. The minimum absolute atomic E-state index is 0.00468. The highest BCUT2D eigenvalue weighted by atomic mass is 16.6. The quantitative estimate of drug-likeness (QED) is 0.320. The predicted octanol–water partition coefficient (Wildman–Crippen LogP) is 1.09. The zero-order valence-electron chi connectivity index (χ0n) is 16.2. The van der Waals surface area contributed by atoms with Crippen molar-refractivity contribution in [2.45, 2.75) is 63.4 Å². The standard InChI is InChI=1S/C20H33NO6/c1-18(22,23)21(19(2,24)25)13-14-27-15-20(26,16-9-5-3-6-10-16)17-11-7-4-8-12-17/h3,5-6,9-10,17,22-26H,4,7-8,11-15H2,1-2H3. The van der Waals surface area contributed by atoms with E-state index in [-0.39, 0.29) is 25.7 Å². The molecule has 2 rings (SSSR count). The van der Waals surface area contributed by atoms with Gasteiger partial charge in [0.1, 0.15) is 5.60 Å². The van der Waals surface area contributed by atoms with Crippen molar-refractivity contribution in [3.63, 3.8) is 0 Å². The van der Waals surface area contributed by atoms with Crippen molar-refractivity contribution in [2.24, 2.45) is 5.92 Å². The van der Waals surface area contributed by atoms with Crippen molar-refractivity contribution in [2.75, 3.05) is 19.8 Å². The number of rotatable bonds is 9. The van der Waals surface area contributed by atoms with Gasteiger partial charge in [-0.05, 0) is 24.3 Å². The molecule has 27 heavy (non-hydrogen) atoms. The summed E-state index contributed by atoms with van der Waals surface area (Å²) in [6.45, 7) is 1.99. The van der Waals surface area contributed by atoms with Gasteiger partial charge >= 0.3 is 0 Å². The molecule has 0 heterocycles. The van der Waals surface area contributed by atoms with Crippen molar-refractivity contribution in [3.8, 4) is 0 Å². The lowest BCUT2D eigenvalue weighted by Gasteiger charge is -2.40. The maximum atomic E-state index is 11.5. The highest BCUT2D eigenvalue weighted by Crippen LogP contribution is 2.39. The fourth-order valence-corrected chi connectivity index (χ4v) is 3.95. The number of hydrogen-bond acceptors (Lipinski definition) is 7. The Kier molecular flexibility index (Phi) is 7.38. The number of hydrogen-bond donors (Lipinski definition) is 5. The molecular formula is C20H33NO6. The Labute approximate surface area is 160 Å². The molecule has 0 saturated heterocycles. The summed E-state index contributed by atoms with van der Waals surface area (Å²) < 4.78 is 5.69. The SMILES string of the molecule is CC(O)(O)N(CCOCC(O)(c1ccccc1)C1CCCCC1)C(C)(O)O.